The molecule has 0 aromatic rings. The monoisotopic (exact) mass is 214 g/mol. The average molecular weight is 214 g/mol. The van der Waals surface area contributed by atoms with E-state index in [2.05, 4.69) is 25.8 Å². The first-order valence-electron chi connectivity index (χ1n) is 6.16. The zero-order chi connectivity index (χ0) is 11.4. The van der Waals surface area contributed by atoms with Gasteiger partial charge in [-0.2, -0.15) is 0 Å². The largest absolute Gasteiger partial charge is 0.395 e. The Balaban J connectivity index is 2.35. The smallest absolute Gasteiger partial charge is 0.0601 e. The number of aliphatic hydroxyl groups excluding tert-OH is 1. The summed E-state index contributed by atoms with van der Waals surface area (Å²) in [7, 11) is 2.08. The van der Waals surface area contributed by atoms with Crippen LogP contribution in [0.3, 0.4) is 0 Å². The van der Waals surface area contributed by atoms with Crippen LogP contribution < -0.4 is 5.73 Å². The van der Waals surface area contributed by atoms with Crippen LogP contribution in [0.4, 0.5) is 0 Å². The van der Waals surface area contributed by atoms with Gasteiger partial charge in [0.05, 0.1) is 6.61 Å². The quantitative estimate of drug-likeness (QED) is 0.666. The molecule has 1 aliphatic carbocycles. The van der Waals surface area contributed by atoms with E-state index in [1.165, 1.54) is 6.42 Å². The van der Waals surface area contributed by atoms with Crippen LogP contribution in [0.1, 0.15) is 33.1 Å². The zero-order valence-corrected chi connectivity index (χ0v) is 10.3. The van der Waals surface area contributed by atoms with Gasteiger partial charge in [0.25, 0.3) is 0 Å². The predicted octanol–water partition coefficient (Wildman–Crippen LogP) is 1.06. The Morgan fingerprint density at radius 1 is 1.53 bits per heavy atom. The maximum atomic E-state index is 9.37. The van der Waals surface area contributed by atoms with Crippen LogP contribution in [0.2, 0.25) is 0 Å². The molecule has 0 heterocycles. The van der Waals surface area contributed by atoms with E-state index in [4.69, 9.17) is 5.73 Å². The summed E-state index contributed by atoms with van der Waals surface area (Å²) < 4.78 is 0. The Morgan fingerprint density at radius 3 is 2.53 bits per heavy atom. The van der Waals surface area contributed by atoms with Crippen molar-refractivity contribution in [1.29, 1.82) is 0 Å². The van der Waals surface area contributed by atoms with Crippen molar-refractivity contribution in [1.82, 2.24) is 4.90 Å². The SMILES string of the molecule is CCCC(N)C(CO)N(C)CC1CC1C. The van der Waals surface area contributed by atoms with Crippen molar-refractivity contribution in [2.75, 3.05) is 20.2 Å². The second-order valence-electron chi connectivity index (χ2n) is 5.12. The van der Waals surface area contributed by atoms with Crippen molar-refractivity contribution in [2.45, 2.75) is 45.2 Å². The van der Waals surface area contributed by atoms with Gasteiger partial charge in [0.2, 0.25) is 0 Å². The lowest BCUT2D eigenvalue weighted by atomic mass is 10.0. The molecule has 0 aromatic carbocycles. The summed E-state index contributed by atoms with van der Waals surface area (Å²) in [5.74, 6) is 1.70. The van der Waals surface area contributed by atoms with Gasteiger partial charge in [0.15, 0.2) is 0 Å². The van der Waals surface area contributed by atoms with Gasteiger partial charge < -0.3 is 10.8 Å². The summed E-state index contributed by atoms with van der Waals surface area (Å²) in [5, 5.41) is 9.37. The molecular formula is C12H26N2O. The van der Waals surface area contributed by atoms with Crippen LogP contribution >= 0.6 is 0 Å². The standard InChI is InChI=1S/C12H26N2O/c1-4-5-11(13)12(8-15)14(3)7-10-6-9(10)2/h9-12,15H,4-8,13H2,1-3H3. The van der Waals surface area contributed by atoms with Crippen molar-refractivity contribution in [2.24, 2.45) is 17.6 Å². The lowest BCUT2D eigenvalue weighted by Gasteiger charge is -2.31. The van der Waals surface area contributed by atoms with Gasteiger partial charge in [-0.15, -0.1) is 0 Å². The molecule has 3 N–H and O–H groups in total. The molecule has 15 heavy (non-hydrogen) atoms. The van der Waals surface area contributed by atoms with Gasteiger partial charge in [0, 0.05) is 18.6 Å². The Bertz CT molecular complexity index is 186. The van der Waals surface area contributed by atoms with Crippen LogP contribution in [0.15, 0.2) is 0 Å². The summed E-state index contributed by atoms with van der Waals surface area (Å²) in [6.07, 6.45) is 3.42. The minimum atomic E-state index is 0.110. The van der Waals surface area contributed by atoms with Gasteiger partial charge in [0.1, 0.15) is 0 Å². The minimum absolute atomic E-state index is 0.110. The molecular weight excluding hydrogens is 188 g/mol. The van der Waals surface area contributed by atoms with Crippen molar-refractivity contribution >= 4 is 0 Å². The Hall–Kier alpha value is -0.120. The van der Waals surface area contributed by atoms with Crippen molar-refractivity contribution < 1.29 is 5.11 Å². The Morgan fingerprint density at radius 2 is 2.13 bits per heavy atom. The van der Waals surface area contributed by atoms with E-state index < -0.39 is 0 Å². The first kappa shape index (κ1) is 12.9. The van der Waals surface area contributed by atoms with Gasteiger partial charge >= 0.3 is 0 Å². The van der Waals surface area contributed by atoms with E-state index in [0.717, 1.165) is 31.2 Å². The Labute approximate surface area is 93.6 Å². The molecule has 4 unspecified atom stereocenters. The van der Waals surface area contributed by atoms with Crippen LogP contribution in [0.25, 0.3) is 0 Å². The maximum absolute atomic E-state index is 9.37. The van der Waals surface area contributed by atoms with Crippen LogP contribution in [-0.2, 0) is 0 Å². The second kappa shape index (κ2) is 5.83. The molecule has 1 rings (SSSR count). The number of rotatable bonds is 7. The topological polar surface area (TPSA) is 49.5 Å². The fraction of sp³-hybridized carbons (Fsp3) is 1.00. The lowest BCUT2D eigenvalue weighted by molar-refractivity contribution is 0.118. The van der Waals surface area contributed by atoms with E-state index in [1.807, 2.05) is 0 Å². The molecule has 90 valence electrons. The number of likely N-dealkylation sites (N-methyl/N-ethyl adjacent to an activating group) is 1. The fourth-order valence-electron chi connectivity index (χ4n) is 2.29. The number of hydrogen-bond donors (Lipinski definition) is 2. The molecule has 1 fully saturated rings. The number of hydrogen-bond acceptors (Lipinski definition) is 3. The van der Waals surface area contributed by atoms with Gasteiger partial charge in [-0.05, 0) is 31.7 Å². The van der Waals surface area contributed by atoms with Crippen molar-refractivity contribution in [3.63, 3.8) is 0 Å². The molecule has 1 aliphatic rings. The molecule has 0 spiro atoms. The van der Waals surface area contributed by atoms with E-state index in [9.17, 15) is 5.11 Å². The van der Waals surface area contributed by atoms with Crippen LogP contribution in [0, 0.1) is 11.8 Å². The van der Waals surface area contributed by atoms with Crippen molar-refractivity contribution in [3.8, 4) is 0 Å². The third kappa shape index (κ3) is 3.74. The molecule has 0 amide bonds. The first-order chi connectivity index (χ1) is 7.10. The molecule has 1 saturated carbocycles. The summed E-state index contributed by atoms with van der Waals surface area (Å²) in [6, 6.07) is 0.247. The third-order valence-electron chi connectivity index (χ3n) is 3.67. The van der Waals surface area contributed by atoms with E-state index >= 15 is 0 Å². The molecule has 4 atom stereocenters. The van der Waals surface area contributed by atoms with E-state index in [-0.39, 0.29) is 18.7 Å². The van der Waals surface area contributed by atoms with E-state index in [0.29, 0.717) is 0 Å². The van der Waals surface area contributed by atoms with Crippen LogP contribution in [0.5, 0.6) is 0 Å². The highest BCUT2D eigenvalue weighted by atomic mass is 16.3. The van der Waals surface area contributed by atoms with Crippen molar-refractivity contribution in [3.05, 3.63) is 0 Å². The second-order valence-corrected chi connectivity index (χ2v) is 5.12. The first-order valence-corrected chi connectivity index (χ1v) is 6.16. The van der Waals surface area contributed by atoms with Crippen LogP contribution in [-0.4, -0.2) is 42.3 Å². The molecule has 3 nitrogen and oxygen atoms in total. The lowest BCUT2D eigenvalue weighted by Crippen LogP contribution is -2.49. The molecule has 0 aromatic heterocycles. The minimum Gasteiger partial charge on any atom is -0.395 e. The van der Waals surface area contributed by atoms with E-state index in [1.54, 1.807) is 0 Å². The summed E-state index contributed by atoms with van der Waals surface area (Å²) >= 11 is 0. The Kier molecular flexibility index (Phi) is 5.03. The van der Waals surface area contributed by atoms with Gasteiger partial charge in [-0.3, -0.25) is 4.90 Å². The summed E-state index contributed by atoms with van der Waals surface area (Å²) in [4.78, 5) is 2.24. The highest BCUT2D eigenvalue weighted by molar-refractivity contribution is 4.88. The number of aliphatic hydroxyl groups is 1. The normalized spacial score (nSPS) is 29.2. The van der Waals surface area contributed by atoms with Gasteiger partial charge in [-0.1, -0.05) is 20.3 Å². The molecule has 0 aliphatic heterocycles. The molecule has 0 bridgehead atoms. The number of nitrogens with two attached hydrogens (primary N) is 1. The molecule has 0 saturated heterocycles. The highest BCUT2D eigenvalue weighted by Crippen LogP contribution is 2.38. The predicted molar refractivity (Wildman–Crippen MR) is 63.7 cm³/mol. The maximum Gasteiger partial charge on any atom is 0.0601 e. The summed E-state index contributed by atoms with van der Waals surface area (Å²) in [6.45, 7) is 5.69. The third-order valence-corrected chi connectivity index (χ3v) is 3.67. The fourth-order valence-corrected chi connectivity index (χ4v) is 2.29. The van der Waals surface area contributed by atoms with Gasteiger partial charge in [-0.25, -0.2) is 0 Å². The zero-order valence-electron chi connectivity index (χ0n) is 10.3. The average Bonchev–Trinajstić information content (AvgIpc) is 2.83. The summed E-state index contributed by atoms with van der Waals surface area (Å²) in [5.41, 5.74) is 6.07. The number of nitrogens with zero attached hydrogens (tertiary/aromatic N) is 1. The molecule has 0 radical (unpaired) electrons. The molecule has 3 heteroatoms. The highest BCUT2D eigenvalue weighted by Gasteiger charge is 2.35.